The minimum Gasteiger partial charge on any atom is -0.353 e. The highest BCUT2D eigenvalue weighted by Crippen LogP contribution is 2.29. The normalized spacial score (nSPS) is 30.1. The minimum absolute atomic E-state index is 0.223. The Morgan fingerprint density at radius 1 is 1.31 bits per heavy atom. The number of carbonyl (C=O) groups excluding carboxylic acids is 1. The van der Waals surface area contributed by atoms with E-state index in [4.69, 9.17) is 0 Å². The van der Waals surface area contributed by atoms with Crippen LogP contribution >= 0.6 is 0 Å². The maximum atomic E-state index is 11.7. The quantitative estimate of drug-likeness (QED) is 0.703. The Hall–Kier alpha value is -0.570. The smallest absolute Gasteiger partial charge is 0.220 e. The van der Waals surface area contributed by atoms with Crippen LogP contribution in [0.15, 0.2) is 0 Å². The zero-order valence-electron chi connectivity index (χ0n) is 10.9. The first-order valence-electron chi connectivity index (χ1n) is 6.59. The number of amides is 1. The molecule has 16 heavy (non-hydrogen) atoms. The molecule has 0 radical (unpaired) electrons. The van der Waals surface area contributed by atoms with Gasteiger partial charge in [0, 0.05) is 12.5 Å². The second-order valence-electron chi connectivity index (χ2n) is 5.15. The summed E-state index contributed by atoms with van der Waals surface area (Å²) < 4.78 is 0. The summed E-state index contributed by atoms with van der Waals surface area (Å²) in [6.07, 6.45) is 5.31. The molecule has 1 aliphatic carbocycles. The van der Waals surface area contributed by atoms with Crippen LogP contribution < -0.4 is 10.6 Å². The van der Waals surface area contributed by atoms with Crippen molar-refractivity contribution < 1.29 is 4.79 Å². The number of hydrogen-bond donors (Lipinski definition) is 2. The number of carbonyl (C=O) groups is 1. The summed E-state index contributed by atoms with van der Waals surface area (Å²) in [4.78, 5) is 11.7. The average molecular weight is 226 g/mol. The van der Waals surface area contributed by atoms with E-state index < -0.39 is 0 Å². The van der Waals surface area contributed by atoms with Gasteiger partial charge in [0.05, 0.1) is 0 Å². The molecule has 94 valence electrons. The Balaban J connectivity index is 2.26. The lowest BCUT2D eigenvalue weighted by molar-refractivity contribution is -0.122. The van der Waals surface area contributed by atoms with Crippen LogP contribution in [0.4, 0.5) is 0 Å². The third kappa shape index (κ3) is 4.12. The van der Waals surface area contributed by atoms with E-state index in [1.165, 1.54) is 12.8 Å². The fourth-order valence-corrected chi connectivity index (χ4v) is 2.49. The van der Waals surface area contributed by atoms with Gasteiger partial charge in [0.15, 0.2) is 0 Å². The van der Waals surface area contributed by atoms with Crippen molar-refractivity contribution in [2.75, 3.05) is 13.6 Å². The SMILES string of the molecule is CNCCCC(=O)NC1CCCC(C)C1C. The summed E-state index contributed by atoms with van der Waals surface area (Å²) in [6.45, 7) is 5.48. The molecule has 1 rings (SSSR count). The maximum absolute atomic E-state index is 11.7. The van der Waals surface area contributed by atoms with E-state index in [0.717, 1.165) is 25.3 Å². The second-order valence-corrected chi connectivity index (χ2v) is 5.15. The van der Waals surface area contributed by atoms with Gasteiger partial charge in [0.25, 0.3) is 0 Å². The van der Waals surface area contributed by atoms with Gasteiger partial charge in [-0.2, -0.15) is 0 Å². The van der Waals surface area contributed by atoms with Gasteiger partial charge in [-0.1, -0.05) is 26.7 Å². The van der Waals surface area contributed by atoms with Gasteiger partial charge >= 0.3 is 0 Å². The molecule has 1 aliphatic rings. The van der Waals surface area contributed by atoms with Crippen LogP contribution in [0.25, 0.3) is 0 Å². The molecule has 1 fully saturated rings. The average Bonchev–Trinajstić information content (AvgIpc) is 2.25. The largest absolute Gasteiger partial charge is 0.353 e. The topological polar surface area (TPSA) is 41.1 Å². The van der Waals surface area contributed by atoms with E-state index >= 15 is 0 Å². The Morgan fingerprint density at radius 2 is 2.06 bits per heavy atom. The van der Waals surface area contributed by atoms with E-state index in [1.807, 2.05) is 7.05 Å². The highest BCUT2D eigenvalue weighted by Gasteiger charge is 2.27. The predicted molar refractivity (Wildman–Crippen MR) is 67.3 cm³/mol. The van der Waals surface area contributed by atoms with Gasteiger partial charge in [-0.25, -0.2) is 0 Å². The lowest BCUT2D eigenvalue weighted by atomic mass is 9.78. The predicted octanol–water partition coefficient (Wildman–Crippen LogP) is 1.93. The number of rotatable bonds is 5. The highest BCUT2D eigenvalue weighted by molar-refractivity contribution is 5.76. The van der Waals surface area contributed by atoms with Crippen LogP contribution in [-0.4, -0.2) is 25.5 Å². The van der Waals surface area contributed by atoms with Crippen molar-refractivity contribution >= 4 is 5.91 Å². The van der Waals surface area contributed by atoms with Crippen LogP contribution in [0, 0.1) is 11.8 Å². The van der Waals surface area contributed by atoms with Gasteiger partial charge < -0.3 is 10.6 Å². The van der Waals surface area contributed by atoms with Crippen molar-refractivity contribution in [2.24, 2.45) is 11.8 Å². The van der Waals surface area contributed by atoms with Crippen LogP contribution in [0.2, 0.25) is 0 Å². The molecule has 0 aromatic carbocycles. The van der Waals surface area contributed by atoms with E-state index in [9.17, 15) is 4.79 Å². The molecule has 1 amide bonds. The molecule has 0 heterocycles. The van der Waals surface area contributed by atoms with Gasteiger partial charge in [0.1, 0.15) is 0 Å². The maximum Gasteiger partial charge on any atom is 0.220 e. The molecular formula is C13H26N2O. The Bertz CT molecular complexity index is 218. The molecule has 0 saturated heterocycles. The molecule has 3 nitrogen and oxygen atoms in total. The van der Waals surface area contributed by atoms with Crippen LogP contribution in [0.1, 0.15) is 46.0 Å². The molecule has 0 aromatic heterocycles. The zero-order valence-corrected chi connectivity index (χ0v) is 10.9. The first-order valence-corrected chi connectivity index (χ1v) is 6.59. The van der Waals surface area contributed by atoms with Gasteiger partial charge in [0.2, 0.25) is 5.91 Å². The van der Waals surface area contributed by atoms with Gasteiger partial charge in [-0.15, -0.1) is 0 Å². The molecule has 2 N–H and O–H groups in total. The van der Waals surface area contributed by atoms with E-state index in [1.54, 1.807) is 0 Å². The summed E-state index contributed by atoms with van der Waals surface area (Å²) in [5.74, 6) is 1.60. The first-order chi connectivity index (χ1) is 7.65. The lowest BCUT2D eigenvalue weighted by Gasteiger charge is -2.34. The van der Waals surface area contributed by atoms with Crippen LogP contribution in [0.3, 0.4) is 0 Å². The number of nitrogens with one attached hydrogen (secondary N) is 2. The fourth-order valence-electron chi connectivity index (χ4n) is 2.49. The summed E-state index contributed by atoms with van der Waals surface area (Å²) >= 11 is 0. The van der Waals surface area contributed by atoms with Crippen molar-refractivity contribution in [2.45, 2.75) is 52.0 Å². The van der Waals surface area contributed by atoms with E-state index in [0.29, 0.717) is 18.4 Å². The van der Waals surface area contributed by atoms with Crippen molar-refractivity contribution in [3.8, 4) is 0 Å². The summed E-state index contributed by atoms with van der Waals surface area (Å²) in [5.41, 5.74) is 0. The third-order valence-electron chi connectivity index (χ3n) is 3.88. The van der Waals surface area contributed by atoms with Gasteiger partial charge in [-0.3, -0.25) is 4.79 Å². The van der Waals surface area contributed by atoms with Crippen molar-refractivity contribution in [3.63, 3.8) is 0 Å². The van der Waals surface area contributed by atoms with Crippen molar-refractivity contribution in [1.29, 1.82) is 0 Å². The molecule has 0 aromatic rings. The summed E-state index contributed by atoms with van der Waals surface area (Å²) in [5, 5.41) is 6.25. The van der Waals surface area contributed by atoms with Crippen molar-refractivity contribution in [1.82, 2.24) is 10.6 Å². The molecule has 3 atom stereocenters. The third-order valence-corrected chi connectivity index (χ3v) is 3.88. The van der Waals surface area contributed by atoms with E-state index in [-0.39, 0.29) is 5.91 Å². The molecule has 0 aliphatic heterocycles. The standard InChI is InChI=1S/C13H26N2O/c1-10-6-4-7-12(11(10)2)15-13(16)8-5-9-14-3/h10-12,14H,4-9H2,1-3H3,(H,15,16). The monoisotopic (exact) mass is 226 g/mol. The molecular weight excluding hydrogens is 200 g/mol. The lowest BCUT2D eigenvalue weighted by Crippen LogP contribution is -2.43. The first kappa shape index (κ1) is 13.5. The molecule has 0 bridgehead atoms. The zero-order chi connectivity index (χ0) is 12.0. The number of hydrogen-bond acceptors (Lipinski definition) is 2. The Kier molecular flexibility index (Phi) is 5.81. The summed E-state index contributed by atoms with van der Waals surface area (Å²) in [7, 11) is 1.92. The highest BCUT2D eigenvalue weighted by atomic mass is 16.1. The van der Waals surface area contributed by atoms with E-state index in [2.05, 4.69) is 24.5 Å². The van der Waals surface area contributed by atoms with Gasteiger partial charge in [-0.05, 0) is 38.3 Å². The molecule has 1 saturated carbocycles. The molecule has 0 spiro atoms. The summed E-state index contributed by atoms with van der Waals surface area (Å²) in [6, 6.07) is 0.408. The molecule has 3 unspecified atom stereocenters. The van der Waals surface area contributed by atoms with Crippen molar-refractivity contribution in [3.05, 3.63) is 0 Å². The van der Waals surface area contributed by atoms with Crippen LogP contribution in [-0.2, 0) is 4.79 Å². The fraction of sp³-hybridized carbons (Fsp3) is 0.923. The Morgan fingerprint density at radius 3 is 2.75 bits per heavy atom. The molecule has 3 heteroatoms. The second kappa shape index (κ2) is 6.89. The van der Waals surface area contributed by atoms with Crippen LogP contribution in [0.5, 0.6) is 0 Å². The minimum atomic E-state index is 0.223. The Labute approximate surface area is 99.4 Å².